The molecular formula is C19H17N3O2. The maximum Gasteiger partial charge on any atom is 0.271 e. The molecule has 0 spiro atoms. The molecule has 24 heavy (non-hydrogen) atoms. The minimum absolute atomic E-state index is 0.267. The van der Waals surface area contributed by atoms with Crippen LogP contribution in [0.4, 0.5) is 0 Å². The maximum absolute atomic E-state index is 12.0. The highest BCUT2D eigenvalue weighted by Gasteiger charge is 2.04. The molecular weight excluding hydrogens is 302 g/mol. The Morgan fingerprint density at radius 3 is 2.54 bits per heavy atom. The molecule has 0 atom stereocenters. The predicted octanol–water partition coefficient (Wildman–Crippen LogP) is 3.25. The van der Waals surface area contributed by atoms with E-state index in [1.165, 1.54) is 0 Å². The molecule has 1 amide bonds. The molecule has 2 aromatic carbocycles. The van der Waals surface area contributed by atoms with E-state index >= 15 is 0 Å². The topological polar surface area (TPSA) is 55.6 Å². The molecule has 1 heterocycles. The zero-order valence-electron chi connectivity index (χ0n) is 13.2. The summed E-state index contributed by atoms with van der Waals surface area (Å²) in [7, 11) is 1.58. The zero-order chi connectivity index (χ0) is 16.8. The number of hydrogen-bond acceptors (Lipinski definition) is 3. The van der Waals surface area contributed by atoms with E-state index in [1.54, 1.807) is 37.6 Å². The van der Waals surface area contributed by atoms with E-state index in [4.69, 9.17) is 4.74 Å². The van der Waals surface area contributed by atoms with Crippen molar-refractivity contribution < 1.29 is 9.53 Å². The Bertz CT molecular complexity index is 837. The third kappa shape index (κ3) is 3.70. The fourth-order valence-corrected chi connectivity index (χ4v) is 2.22. The highest BCUT2D eigenvalue weighted by atomic mass is 16.5. The van der Waals surface area contributed by atoms with E-state index in [0.717, 1.165) is 11.3 Å². The lowest BCUT2D eigenvalue weighted by Gasteiger charge is -2.02. The van der Waals surface area contributed by atoms with Crippen LogP contribution in [-0.4, -0.2) is 23.8 Å². The number of amides is 1. The highest BCUT2D eigenvalue weighted by Crippen LogP contribution is 2.11. The molecule has 0 radical (unpaired) electrons. The number of methoxy groups -OCH3 is 1. The molecule has 0 fully saturated rings. The summed E-state index contributed by atoms with van der Waals surface area (Å²) in [5.74, 6) is 0.439. The van der Waals surface area contributed by atoms with Crippen molar-refractivity contribution in [3.63, 3.8) is 0 Å². The van der Waals surface area contributed by atoms with Crippen LogP contribution >= 0.6 is 0 Å². The van der Waals surface area contributed by atoms with Crippen LogP contribution < -0.4 is 10.2 Å². The number of para-hydroxylation sites is 1. The number of aromatic nitrogens is 1. The molecule has 0 bridgehead atoms. The number of rotatable bonds is 5. The van der Waals surface area contributed by atoms with Crippen molar-refractivity contribution in [2.24, 2.45) is 5.10 Å². The summed E-state index contributed by atoms with van der Waals surface area (Å²) >= 11 is 0. The van der Waals surface area contributed by atoms with Gasteiger partial charge in [-0.25, -0.2) is 5.43 Å². The van der Waals surface area contributed by atoms with E-state index in [9.17, 15) is 4.79 Å². The van der Waals surface area contributed by atoms with Crippen molar-refractivity contribution in [3.05, 3.63) is 84.2 Å². The molecule has 0 aliphatic rings. The Morgan fingerprint density at radius 2 is 1.83 bits per heavy atom. The summed E-state index contributed by atoms with van der Waals surface area (Å²) in [5, 5.41) is 4.00. The average molecular weight is 319 g/mol. The SMILES string of the molecule is COc1ccc(C(=O)N/N=C\c2ccn(-c3ccccc3)c2)cc1. The molecule has 0 aliphatic carbocycles. The Morgan fingerprint density at radius 1 is 1.08 bits per heavy atom. The van der Waals surface area contributed by atoms with E-state index in [-0.39, 0.29) is 5.91 Å². The smallest absolute Gasteiger partial charge is 0.271 e. The minimum atomic E-state index is -0.267. The molecule has 0 unspecified atom stereocenters. The highest BCUT2D eigenvalue weighted by molar-refractivity contribution is 5.94. The van der Waals surface area contributed by atoms with Gasteiger partial charge in [0.15, 0.2) is 0 Å². The van der Waals surface area contributed by atoms with E-state index in [2.05, 4.69) is 10.5 Å². The predicted molar refractivity (Wildman–Crippen MR) is 93.8 cm³/mol. The van der Waals surface area contributed by atoms with E-state index in [0.29, 0.717) is 11.3 Å². The maximum atomic E-state index is 12.0. The second-order valence-corrected chi connectivity index (χ2v) is 5.12. The van der Waals surface area contributed by atoms with Crippen LogP contribution in [0.25, 0.3) is 5.69 Å². The lowest BCUT2D eigenvalue weighted by molar-refractivity contribution is 0.0955. The van der Waals surface area contributed by atoms with Crippen LogP contribution in [0, 0.1) is 0 Å². The second kappa shape index (κ2) is 7.28. The van der Waals surface area contributed by atoms with Gasteiger partial charge >= 0.3 is 0 Å². The Labute approximate surface area is 140 Å². The van der Waals surface area contributed by atoms with Gasteiger partial charge in [-0.05, 0) is 42.5 Å². The lowest BCUT2D eigenvalue weighted by Crippen LogP contribution is -2.17. The van der Waals surface area contributed by atoms with Crippen molar-refractivity contribution in [1.82, 2.24) is 9.99 Å². The van der Waals surface area contributed by atoms with Crippen molar-refractivity contribution in [2.75, 3.05) is 7.11 Å². The number of carbonyl (C=O) groups is 1. The molecule has 3 aromatic rings. The monoisotopic (exact) mass is 319 g/mol. The van der Waals surface area contributed by atoms with E-state index < -0.39 is 0 Å². The first-order chi connectivity index (χ1) is 11.8. The third-order valence-electron chi connectivity index (χ3n) is 3.50. The van der Waals surface area contributed by atoms with Gasteiger partial charge in [-0.3, -0.25) is 4.79 Å². The molecule has 1 aromatic heterocycles. The van der Waals surface area contributed by atoms with Crippen LogP contribution in [0.2, 0.25) is 0 Å². The molecule has 1 N–H and O–H groups in total. The Hall–Kier alpha value is -3.34. The van der Waals surface area contributed by atoms with Crippen molar-refractivity contribution in [1.29, 1.82) is 0 Å². The number of nitrogens with one attached hydrogen (secondary N) is 1. The standard InChI is InChI=1S/C19H17N3O2/c1-24-18-9-7-16(8-10-18)19(23)21-20-13-15-11-12-22(14-15)17-5-3-2-4-6-17/h2-14H,1H3,(H,21,23)/b20-13-. The molecule has 5 heteroatoms. The number of hydrazone groups is 1. The largest absolute Gasteiger partial charge is 0.497 e. The number of benzene rings is 2. The number of carbonyl (C=O) groups excluding carboxylic acids is 1. The second-order valence-electron chi connectivity index (χ2n) is 5.12. The minimum Gasteiger partial charge on any atom is -0.497 e. The summed E-state index contributed by atoms with van der Waals surface area (Å²) < 4.78 is 7.06. The summed E-state index contributed by atoms with van der Waals surface area (Å²) in [4.78, 5) is 12.0. The fourth-order valence-electron chi connectivity index (χ4n) is 2.22. The number of ether oxygens (including phenoxy) is 1. The molecule has 120 valence electrons. The summed E-state index contributed by atoms with van der Waals surface area (Å²) in [6, 6.07) is 18.8. The van der Waals surface area contributed by atoms with Gasteiger partial charge in [0, 0.05) is 29.2 Å². The van der Waals surface area contributed by atoms with Crippen molar-refractivity contribution >= 4 is 12.1 Å². The lowest BCUT2D eigenvalue weighted by atomic mass is 10.2. The van der Waals surface area contributed by atoms with Gasteiger partial charge in [-0.2, -0.15) is 5.10 Å². The number of nitrogens with zero attached hydrogens (tertiary/aromatic N) is 2. The molecule has 0 saturated carbocycles. The average Bonchev–Trinajstić information content (AvgIpc) is 3.11. The van der Waals surface area contributed by atoms with Crippen molar-refractivity contribution in [3.8, 4) is 11.4 Å². The van der Waals surface area contributed by atoms with Crippen LogP contribution in [0.15, 0.2) is 78.2 Å². The normalized spacial score (nSPS) is 10.7. The molecule has 5 nitrogen and oxygen atoms in total. The van der Waals surface area contributed by atoms with Crippen LogP contribution in [0.3, 0.4) is 0 Å². The van der Waals surface area contributed by atoms with Gasteiger partial charge in [0.05, 0.1) is 13.3 Å². The third-order valence-corrected chi connectivity index (χ3v) is 3.50. The van der Waals surface area contributed by atoms with Gasteiger partial charge in [-0.15, -0.1) is 0 Å². The van der Waals surface area contributed by atoms with Crippen LogP contribution in [0.5, 0.6) is 5.75 Å². The Kier molecular flexibility index (Phi) is 4.72. The first kappa shape index (κ1) is 15.6. The van der Waals surface area contributed by atoms with Gasteiger partial charge in [0.1, 0.15) is 5.75 Å². The van der Waals surface area contributed by atoms with Gasteiger partial charge in [-0.1, -0.05) is 18.2 Å². The van der Waals surface area contributed by atoms with E-state index in [1.807, 2.05) is 53.4 Å². The Balaban J connectivity index is 1.62. The number of hydrogen-bond donors (Lipinski definition) is 1. The van der Waals surface area contributed by atoms with Gasteiger partial charge < -0.3 is 9.30 Å². The van der Waals surface area contributed by atoms with Crippen LogP contribution in [-0.2, 0) is 0 Å². The molecule has 0 aliphatic heterocycles. The molecule has 3 rings (SSSR count). The fraction of sp³-hybridized carbons (Fsp3) is 0.0526. The summed E-state index contributed by atoms with van der Waals surface area (Å²) in [6.45, 7) is 0. The quantitative estimate of drug-likeness (QED) is 0.580. The van der Waals surface area contributed by atoms with Gasteiger partial charge in [0.25, 0.3) is 5.91 Å². The summed E-state index contributed by atoms with van der Waals surface area (Å²) in [6.07, 6.45) is 5.50. The first-order valence-corrected chi connectivity index (χ1v) is 7.47. The summed E-state index contributed by atoms with van der Waals surface area (Å²) in [5.41, 5.74) is 5.00. The first-order valence-electron chi connectivity index (χ1n) is 7.47. The van der Waals surface area contributed by atoms with Gasteiger partial charge in [0.2, 0.25) is 0 Å². The van der Waals surface area contributed by atoms with Crippen LogP contribution in [0.1, 0.15) is 15.9 Å². The zero-order valence-corrected chi connectivity index (χ0v) is 13.2. The molecule has 0 saturated heterocycles. The van der Waals surface area contributed by atoms with Crippen molar-refractivity contribution in [2.45, 2.75) is 0 Å².